The van der Waals surface area contributed by atoms with Gasteiger partial charge in [0.2, 0.25) is 5.91 Å². The number of halogens is 1. The highest BCUT2D eigenvalue weighted by molar-refractivity contribution is 5.88. The highest BCUT2D eigenvalue weighted by atomic mass is 19.1. The molecule has 3 nitrogen and oxygen atoms in total. The minimum absolute atomic E-state index is 0.0951. The zero-order valence-corrected chi connectivity index (χ0v) is 15.1. The summed E-state index contributed by atoms with van der Waals surface area (Å²) in [5, 5.41) is 1.01. The summed E-state index contributed by atoms with van der Waals surface area (Å²) in [6, 6.07) is 10.8. The lowest BCUT2D eigenvalue weighted by atomic mass is 10.0. The standard InChI is InChI=1S/C22H22FNO2/c1-14-9-20-17(13-26-21(20)10-15(14)2)11-22(25)24(19-7-8-19)12-16-3-5-18(23)6-4-16/h3-6,9-10,13,19H,7-8,11-12H2,1-2H3. The molecule has 4 heteroatoms. The minimum Gasteiger partial charge on any atom is -0.464 e. The van der Waals surface area contributed by atoms with E-state index in [0.29, 0.717) is 19.0 Å². The molecule has 0 atom stereocenters. The molecule has 2 aromatic carbocycles. The van der Waals surface area contributed by atoms with Crippen LogP contribution in [0.2, 0.25) is 0 Å². The highest BCUT2D eigenvalue weighted by Crippen LogP contribution is 2.31. The Morgan fingerprint density at radius 2 is 1.85 bits per heavy atom. The molecule has 1 aliphatic rings. The first-order valence-electron chi connectivity index (χ1n) is 9.02. The molecule has 3 aromatic rings. The van der Waals surface area contributed by atoms with E-state index in [2.05, 4.69) is 19.9 Å². The number of hydrogen-bond acceptors (Lipinski definition) is 2. The third-order valence-corrected chi connectivity index (χ3v) is 5.19. The molecular formula is C22H22FNO2. The van der Waals surface area contributed by atoms with Crippen molar-refractivity contribution in [1.29, 1.82) is 0 Å². The van der Waals surface area contributed by atoms with Crippen molar-refractivity contribution in [2.75, 3.05) is 0 Å². The van der Waals surface area contributed by atoms with Crippen molar-refractivity contribution in [1.82, 2.24) is 4.90 Å². The van der Waals surface area contributed by atoms with Gasteiger partial charge in [0.25, 0.3) is 0 Å². The SMILES string of the molecule is Cc1cc2occ(CC(=O)N(Cc3ccc(F)cc3)C3CC3)c2cc1C. The van der Waals surface area contributed by atoms with Gasteiger partial charge in [-0.05, 0) is 67.6 Å². The predicted molar refractivity (Wildman–Crippen MR) is 99.4 cm³/mol. The second kappa shape index (κ2) is 6.60. The van der Waals surface area contributed by atoms with Gasteiger partial charge in [-0.1, -0.05) is 12.1 Å². The molecule has 1 fully saturated rings. The van der Waals surface area contributed by atoms with Gasteiger partial charge in [0, 0.05) is 23.5 Å². The molecule has 1 amide bonds. The summed E-state index contributed by atoms with van der Waals surface area (Å²) in [4.78, 5) is 14.9. The molecular weight excluding hydrogens is 329 g/mol. The highest BCUT2D eigenvalue weighted by Gasteiger charge is 2.32. The number of carbonyl (C=O) groups excluding carboxylic acids is 1. The number of rotatable bonds is 5. The number of fused-ring (bicyclic) bond motifs is 1. The van der Waals surface area contributed by atoms with E-state index in [9.17, 15) is 9.18 Å². The van der Waals surface area contributed by atoms with Crippen molar-refractivity contribution in [2.24, 2.45) is 0 Å². The van der Waals surface area contributed by atoms with Gasteiger partial charge in [-0.3, -0.25) is 4.79 Å². The van der Waals surface area contributed by atoms with E-state index >= 15 is 0 Å². The van der Waals surface area contributed by atoms with Gasteiger partial charge < -0.3 is 9.32 Å². The Kier molecular flexibility index (Phi) is 4.27. The van der Waals surface area contributed by atoms with Crippen molar-refractivity contribution >= 4 is 16.9 Å². The predicted octanol–water partition coefficient (Wildman–Crippen LogP) is 4.92. The molecule has 134 valence electrons. The summed E-state index contributed by atoms with van der Waals surface area (Å²) in [7, 11) is 0. The van der Waals surface area contributed by atoms with Gasteiger partial charge in [0.05, 0.1) is 12.7 Å². The van der Waals surface area contributed by atoms with E-state index in [0.717, 1.165) is 34.9 Å². The van der Waals surface area contributed by atoms with Crippen LogP contribution in [0, 0.1) is 19.7 Å². The van der Waals surface area contributed by atoms with Crippen LogP contribution in [0.5, 0.6) is 0 Å². The third kappa shape index (κ3) is 3.36. The fraction of sp³-hybridized carbons (Fsp3) is 0.318. The van der Waals surface area contributed by atoms with Gasteiger partial charge in [-0.25, -0.2) is 4.39 Å². The van der Waals surface area contributed by atoms with Crippen molar-refractivity contribution in [3.8, 4) is 0 Å². The lowest BCUT2D eigenvalue weighted by Crippen LogP contribution is -2.33. The van der Waals surface area contributed by atoms with Crippen LogP contribution in [0.15, 0.2) is 47.1 Å². The van der Waals surface area contributed by atoms with E-state index < -0.39 is 0 Å². The maximum Gasteiger partial charge on any atom is 0.227 e. The fourth-order valence-electron chi connectivity index (χ4n) is 3.33. The van der Waals surface area contributed by atoms with Crippen LogP contribution in [0.1, 0.15) is 35.1 Å². The molecule has 1 saturated carbocycles. The summed E-state index contributed by atoms with van der Waals surface area (Å²) in [5.74, 6) is -0.161. The fourth-order valence-corrected chi connectivity index (χ4v) is 3.33. The zero-order valence-electron chi connectivity index (χ0n) is 15.1. The largest absolute Gasteiger partial charge is 0.464 e. The first-order chi connectivity index (χ1) is 12.5. The van der Waals surface area contributed by atoms with E-state index in [1.54, 1.807) is 18.4 Å². The number of hydrogen-bond donors (Lipinski definition) is 0. The normalized spacial score (nSPS) is 14.0. The lowest BCUT2D eigenvalue weighted by Gasteiger charge is -2.22. The van der Waals surface area contributed by atoms with Crippen LogP contribution >= 0.6 is 0 Å². The number of aryl methyl sites for hydroxylation is 2. The molecule has 0 aliphatic heterocycles. The Balaban J connectivity index is 1.55. The Bertz CT molecular complexity index is 954. The number of benzene rings is 2. The van der Waals surface area contributed by atoms with Crippen LogP contribution in [0.25, 0.3) is 11.0 Å². The Labute approximate surface area is 152 Å². The van der Waals surface area contributed by atoms with Crippen molar-refractivity contribution in [3.63, 3.8) is 0 Å². The van der Waals surface area contributed by atoms with Crippen LogP contribution in [0.4, 0.5) is 4.39 Å². The number of furan rings is 1. The van der Waals surface area contributed by atoms with Gasteiger partial charge in [0.1, 0.15) is 11.4 Å². The van der Waals surface area contributed by atoms with Crippen LogP contribution in [-0.4, -0.2) is 16.8 Å². The molecule has 0 saturated heterocycles. The molecule has 0 unspecified atom stereocenters. The van der Waals surface area contributed by atoms with Crippen molar-refractivity contribution in [2.45, 2.75) is 45.7 Å². The smallest absolute Gasteiger partial charge is 0.227 e. The van der Waals surface area contributed by atoms with Gasteiger partial charge in [-0.2, -0.15) is 0 Å². The minimum atomic E-state index is -0.256. The topological polar surface area (TPSA) is 33.5 Å². The zero-order chi connectivity index (χ0) is 18.3. The molecule has 26 heavy (non-hydrogen) atoms. The first kappa shape index (κ1) is 16.8. The number of carbonyl (C=O) groups is 1. The molecule has 0 N–H and O–H groups in total. The van der Waals surface area contributed by atoms with E-state index in [1.165, 1.54) is 23.3 Å². The maximum atomic E-state index is 13.1. The maximum absolute atomic E-state index is 13.1. The van der Waals surface area contributed by atoms with Gasteiger partial charge >= 0.3 is 0 Å². The summed E-state index contributed by atoms with van der Waals surface area (Å²) < 4.78 is 18.8. The molecule has 0 bridgehead atoms. The molecule has 1 aromatic heterocycles. The molecule has 0 radical (unpaired) electrons. The van der Waals surface area contributed by atoms with Crippen LogP contribution < -0.4 is 0 Å². The molecule has 1 heterocycles. The van der Waals surface area contributed by atoms with E-state index in [4.69, 9.17) is 4.42 Å². The lowest BCUT2D eigenvalue weighted by molar-refractivity contribution is -0.131. The van der Waals surface area contributed by atoms with Crippen molar-refractivity contribution in [3.05, 3.63) is 70.7 Å². The monoisotopic (exact) mass is 351 g/mol. The summed E-state index contributed by atoms with van der Waals surface area (Å²) in [5.41, 5.74) is 5.08. The Morgan fingerprint density at radius 3 is 2.54 bits per heavy atom. The van der Waals surface area contributed by atoms with Crippen LogP contribution in [0.3, 0.4) is 0 Å². The molecule has 0 spiro atoms. The second-order valence-electron chi connectivity index (χ2n) is 7.25. The average Bonchev–Trinajstić information content (AvgIpc) is 3.39. The summed E-state index contributed by atoms with van der Waals surface area (Å²) in [6.45, 7) is 4.65. The van der Waals surface area contributed by atoms with Crippen LogP contribution in [-0.2, 0) is 17.8 Å². The summed E-state index contributed by atoms with van der Waals surface area (Å²) >= 11 is 0. The Morgan fingerprint density at radius 1 is 1.15 bits per heavy atom. The number of nitrogens with zero attached hydrogens (tertiary/aromatic N) is 1. The molecule has 4 rings (SSSR count). The molecule has 1 aliphatic carbocycles. The quantitative estimate of drug-likeness (QED) is 0.653. The average molecular weight is 351 g/mol. The summed E-state index contributed by atoms with van der Waals surface area (Å²) in [6.07, 6.45) is 4.10. The Hall–Kier alpha value is -2.62. The first-order valence-corrected chi connectivity index (χ1v) is 9.02. The van der Waals surface area contributed by atoms with Crippen molar-refractivity contribution < 1.29 is 13.6 Å². The number of amides is 1. The second-order valence-corrected chi connectivity index (χ2v) is 7.25. The third-order valence-electron chi connectivity index (χ3n) is 5.19. The van der Waals surface area contributed by atoms with Gasteiger partial charge in [0.15, 0.2) is 0 Å². The van der Waals surface area contributed by atoms with Gasteiger partial charge in [-0.15, -0.1) is 0 Å². The van der Waals surface area contributed by atoms with E-state index in [-0.39, 0.29) is 11.7 Å². The van der Waals surface area contributed by atoms with E-state index in [1.807, 2.05) is 11.0 Å².